The average Bonchev–Trinajstić information content (AvgIpc) is 3.04. The zero-order chi connectivity index (χ0) is 18.4. The summed E-state index contributed by atoms with van der Waals surface area (Å²) in [6.45, 7) is 0.355. The van der Waals surface area contributed by atoms with E-state index in [0.29, 0.717) is 21.3 Å². The Morgan fingerprint density at radius 1 is 1.04 bits per heavy atom. The number of rotatable bonds is 7. The SMILES string of the molecule is CN(C)C(=O)c1ccc(CNC(=O)CCC(=O)c2ccc(Cl)s2)cc1. The summed E-state index contributed by atoms with van der Waals surface area (Å²) in [6, 6.07) is 10.4. The van der Waals surface area contributed by atoms with Crippen LogP contribution in [0.1, 0.15) is 38.4 Å². The van der Waals surface area contributed by atoms with Gasteiger partial charge in [-0.2, -0.15) is 0 Å². The van der Waals surface area contributed by atoms with Gasteiger partial charge in [0.1, 0.15) is 0 Å². The second kappa shape index (κ2) is 8.78. The highest BCUT2D eigenvalue weighted by Gasteiger charge is 2.12. The Labute approximate surface area is 155 Å². The van der Waals surface area contributed by atoms with Crippen molar-refractivity contribution in [1.82, 2.24) is 10.2 Å². The molecule has 0 saturated carbocycles. The van der Waals surface area contributed by atoms with E-state index in [0.717, 1.165) is 5.56 Å². The molecule has 1 aromatic heterocycles. The van der Waals surface area contributed by atoms with Crippen LogP contribution in [0.2, 0.25) is 4.34 Å². The molecule has 0 bridgehead atoms. The first-order valence-corrected chi connectivity index (χ1v) is 8.92. The van der Waals surface area contributed by atoms with E-state index in [1.807, 2.05) is 0 Å². The zero-order valence-corrected chi connectivity index (χ0v) is 15.6. The van der Waals surface area contributed by atoms with E-state index >= 15 is 0 Å². The van der Waals surface area contributed by atoms with Crippen LogP contribution in [0.25, 0.3) is 0 Å². The van der Waals surface area contributed by atoms with Gasteiger partial charge in [0.05, 0.1) is 9.21 Å². The standard InChI is InChI=1S/C18H19ClN2O3S/c1-21(2)18(24)13-5-3-12(4-6-13)11-20-17(23)10-7-14(22)15-8-9-16(19)25-15/h3-6,8-9H,7,10-11H2,1-2H3,(H,20,23). The van der Waals surface area contributed by atoms with Crippen LogP contribution >= 0.6 is 22.9 Å². The minimum absolute atomic E-state index is 0.0669. The van der Waals surface area contributed by atoms with Crippen LogP contribution in [-0.2, 0) is 11.3 Å². The highest BCUT2D eigenvalue weighted by atomic mass is 35.5. The summed E-state index contributed by atoms with van der Waals surface area (Å²) < 4.78 is 0.559. The van der Waals surface area contributed by atoms with Gasteiger partial charge in [0.2, 0.25) is 5.91 Å². The average molecular weight is 379 g/mol. The molecule has 0 aliphatic heterocycles. The molecule has 7 heteroatoms. The summed E-state index contributed by atoms with van der Waals surface area (Å²) in [4.78, 5) is 37.7. The predicted octanol–water partition coefficient (Wildman–Crippen LogP) is 3.38. The number of halogens is 1. The summed E-state index contributed by atoms with van der Waals surface area (Å²) in [5.74, 6) is -0.342. The largest absolute Gasteiger partial charge is 0.352 e. The molecule has 0 unspecified atom stereocenters. The highest BCUT2D eigenvalue weighted by Crippen LogP contribution is 2.22. The molecule has 0 aliphatic carbocycles. The first-order chi connectivity index (χ1) is 11.9. The molecule has 132 valence electrons. The Morgan fingerprint density at radius 3 is 2.28 bits per heavy atom. The van der Waals surface area contributed by atoms with Gasteiger partial charge in [-0.05, 0) is 29.8 Å². The van der Waals surface area contributed by atoms with Crippen molar-refractivity contribution >= 4 is 40.5 Å². The number of hydrogen-bond acceptors (Lipinski definition) is 4. The first-order valence-electron chi connectivity index (χ1n) is 7.72. The van der Waals surface area contributed by atoms with Crippen LogP contribution in [0.4, 0.5) is 0 Å². The molecule has 2 rings (SSSR count). The minimum Gasteiger partial charge on any atom is -0.352 e. The maximum absolute atomic E-state index is 11.9. The molecule has 2 aromatic rings. The number of Topliss-reactive ketones (excluding diaryl/α,β-unsaturated/α-hetero) is 1. The second-order valence-electron chi connectivity index (χ2n) is 5.70. The molecule has 0 spiro atoms. The van der Waals surface area contributed by atoms with Crippen molar-refractivity contribution in [2.45, 2.75) is 19.4 Å². The minimum atomic E-state index is -0.190. The van der Waals surface area contributed by atoms with Crippen molar-refractivity contribution < 1.29 is 14.4 Å². The Hall–Kier alpha value is -2.18. The number of amides is 2. The first kappa shape index (κ1) is 19.1. The van der Waals surface area contributed by atoms with Crippen molar-refractivity contribution in [2.24, 2.45) is 0 Å². The van der Waals surface area contributed by atoms with Crippen molar-refractivity contribution in [3.05, 3.63) is 56.7 Å². The van der Waals surface area contributed by atoms with Gasteiger partial charge in [-0.3, -0.25) is 14.4 Å². The van der Waals surface area contributed by atoms with Gasteiger partial charge in [0.15, 0.2) is 5.78 Å². The third-order valence-corrected chi connectivity index (χ3v) is 4.80. The van der Waals surface area contributed by atoms with Crippen molar-refractivity contribution in [2.75, 3.05) is 14.1 Å². The lowest BCUT2D eigenvalue weighted by atomic mass is 10.1. The Bertz CT molecular complexity index is 769. The summed E-state index contributed by atoms with van der Waals surface area (Å²) in [5.41, 5.74) is 1.49. The van der Waals surface area contributed by atoms with E-state index in [-0.39, 0.29) is 30.4 Å². The van der Waals surface area contributed by atoms with E-state index < -0.39 is 0 Å². The Balaban J connectivity index is 1.78. The van der Waals surface area contributed by atoms with Gasteiger partial charge in [-0.15, -0.1) is 11.3 Å². The number of carbonyl (C=O) groups excluding carboxylic acids is 3. The molecule has 25 heavy (non-hydrogen) atoms. The number of hydrogen-bond donors (Lipinski definition) is 1. The smallest absolute Gasteiger partial charge is 0.253 e. The number of benzene rings is 1. The number of carbonyl (C=O) groups is 3. The van der Waals surface area contributed by atoms with E-state index in [1.54, 1.807) is 50.5 Å². The molecular formula is C18H19ClN2O3S. The maximum atomic E-state index is 11.9. The van der Waals surface area contributed by atoms with Crippen molar-refractivity contribution in [3.8, 4) is 0 Å². The molecular weight excluding hydrogens is 360 g/mol. The fraction of sp³-hybridized carbons (Fsp3) is 0.278. The summed E-state index contributed by atoms with van der Waals surface area (Å²) in [6.07, 6.45) is 0.282. The number of ketones is 1. The van der Waals surface area contributed by atoms with E-state index in [2.05, 4.69) is 5.32 Å². The quantitative estimate of drug-likeness (QED) is 0.751. The van der Waals surface area contributed by atoms with Gasteiger partial charge < -0.3 is 10.2 Å². The summed E-state index contributed by atoms with van der Waals surface area (Å²) in [7, 11) is 3.39. The normalized spacial score (nSPS) is 10.4. The number of thiophene rings is 1. The molecule has 0 saturated heterocycles. The molecule has 0 aliphatic rings. The van der Waals surface area contributed by atoms with E-state index in [9.17, 15) is 14.4 Å². The van der Waals surface area contributed by atoms with Crippen LogP contribution in [0, 0.1) is 0 Å². The van der Waals surface area contributed by atoms with Gasteiger partial charge in [0, 0.05) is 39.0 Å². The maximum Gasteiger partial charge on any atom is 0.253 e. The van der Waals surface area contributed by atoms with Crippen LogP contribution < -0.4 is 5.32 Å². The number of nitrogens with one attached hydrogen (secondary N) is 1. The third kappa shape index (κ3) is 5.69. The van der Waals surface area contributed by atoms with Crippen LogP contribution in [0.3, 0.4) is 0 Å². The van der Waals surface area contributed by atoms with E-state index in [1.165, 1.54) is 16.2 Å². The monoisotopic (exact) mass is 378 g/mol. The lowest BCUT2D eigenvalue weighted by Crippen LogP contribution is -2.23. The van der Waals surface area contributed by atoms with Gasteiger partial charge in [-0.25, -0.2) is 0 Å². The molecule has 0 atom stereocenters. The van der Waals surface area contributed by atoms with Crippen LogP contribution in [0.5, 0.6) is 0 Å². The molecule has 0 radical (unpaired) electrons. The summed E-state index contributed by atoms with van der Waals surface area (Å²) >= 11 is 7.01. The Kier molecular flexibility index (Phi) is 6.73. The van der Waals surface area contributed by atoms with Crippen LogP contribution in [0.15, 0.2) is 36.4 Å². The zero-order valence-electron chi connectivity index (χ0n) is 14.0. The molecule has 5 nitrogen and oxygen atoms in total. The fourth-order valence-corrected chi connectivity index (χ4v) is 3.14. The van der Waals surface area contributed by atoms with Gasteiger partial charge in [-0.1, -0.05) is 23.7 Å². The van der Waals surface area contributed by atoms with Gasteiger partial charge in [0.25, 0.3) is 5.91 Å². The van der Waals surface area contributed by atoms with Crippen molar-refractivity contribution in [1.29, 1.82) is 0 Å². The second-order valence-corrected chi connectivity index (χ2v) is 7.42. The lowest BCUT2D eigenvalue weighted by molar-refractivity contribution is -0.121. The molecule has 0 fully saturated rings. The number of nitrogens with zero attached hydrogens (tertiary/aromatic N) is 1. The molecule has 2 amide bonds. The molecule has 1 heterocycles. The van der Waals surface area contributed by atoms with E-state index in [4.69, 9.17) is 11.6 Å². The van der Waals surface area contributed by atoms with Crippen LogP contribution in [-0.4, -0.2) is 36.6 Å². The summed E-state index contributed by atoms with van der Waals surface area (Å²) in [5, 5.41) is 2.77. The van der Waals surface area contributed by atoms with Crippen molar-refractivity contribution in [3.63, 3.8) is 0 Å². The van der Waals surface area contributed by atoms with Gasteiger partial charge >= 0.3 is 0 Å². The predicted molar refractivity (Wildman–Crippen MR) is 99.2 cm³/mol. The molecule has 1 aromatic carbocycles. The lowest BCUT2D eigenvalue weighted by Gasteiger charge is -2.10. The fourth-order valence-electron chi connectivity index (χ4n) is 2.13. The molecule has 1 N–H and O–H groups in total. The Morgan fingerprint density at radius 2 is 1.72 bits per heavy atom. The highest BCUT2D eigenvalue weighted by molar-refractivity contribution is 7.18. The third-order valence-electron chi connectivity index (χ3n) is 3.52. The topological polar surface area (TPSA) is 66.5 Å².